The molecule has 0 aliphatic carbocycles. The van der Waals surface area contributed by atoms with Crippen molar-refractivity contribution in [2.24, 2.45) is 0 Å². The quantitative estimate of drug-likeness (QED) is 0.852. The largest absolute Gasteiger partial charge is 0.375 e. The molecule has 0 bridgehead atoms. The van der Waals surface area contributed by atoms with Crippen molar-refractivity contribution in [3.8, 4) is 0 Å². The second-order valence-electron chi connectivity index (χ2n) is 3.86. The average Bonchev–Trinajstić information content (AvgIpc) is 2.98. The van der Waals surface area contributed by atoms with E-state index >= 15 is 0 Å². The van der Waals surface area contributed by atoms with Gasteiger partial charge in [-0.15, -0.1) is 22.7 Å². The van der Waals surface area contributed by atoms with Crippen LogP contribution in [0.4, 0.5) is 5.13 Å². The maximum absolute atomic E-state index is 11.6. The van der Waals surface area contributed by atoms with Gasteiger partial charge in [-0.05, 0) is 17.9 Å². The normalized spacial score (nSPS) is 10.4. The van der Waals surface area contributed by atoms with Gasteiger partial charge in [0.15, 0.2) is 5.13 Å². The SMILES string of the molecule is Nc1nc(CCNC(=O)CCc2cccs2)cs1. The van der Waals surface area contributed by atoms with Gasteiger partial charge in [0.25, 0.3) is 0 Å². The first-order valence-corrected chi connectivity index (χ1v) is 7.49. The zero-order valence-corrected chi connectivity index (χ0v) is 11.5. The Kier molecular flexibility index (Phi) is 4.72. The van der Waals surface area contributed by atoms with Gasteiger partial charge in [-0.3, -0.25) is 4.79 Å². The van der Waals surface area contributed by atoms with Crippen molar-refractivity contribution in [1.82, 2.24) is 10.3 Å². The summed E-state index contributed by atoms with van der Waals surface area (Å²) in [5.41, 5.74) is 6.47. The van der Waals surface area contributed by atoms with Crippen molar-refractivity contribution in [1.29, 1.82) is 0 Å². The predicted octanol–water partition coefficient (Wildman–Crippen LogP) is 2.08. The van der Waals surface area contributed by atoms with Gasteiger partial charge in [-0.2, -0.15) is 0 Å². The van der Waals surface area contributed by atoms with Crippen molar-refractivity contribution < 1.29 is 4.79 Å². The fourth-order valence-electron chi connectivity index (χ4n) is 1.55. The maximum Gasteiger partial charge on any atom is 0.220 e. The average molecular weight is 281 g/mol. The molecule has 18 heavy (non-hydrogen) atoms. The Labute approximate surface area is 114 Å². The summed E-state index contributed by atoms with van der Waals surface area (Å²) in [5.74, 6) is 0.0894. The van der Waals surface area contributed by atoms with Crippen LogP contribution in [0.5, 0.6) is 0 Å². The van der Waals surface area contributed by atoms with E-state index in [-0.39, 0.29) is 5.91 Å². The van der Waals surface area contributed by atoms with Crippen LogP contribution in [-0.2, 0) is 17.6 Å². The molecule has 0 aromatic carbocycles. The van der Waals surface area contributed by atoms with Gasteiger partial charge < -0.3 is 11.1 Å². The summed E-state index contributed by atoms with van der Waals surface area (Å²) in [6, 6.07) is 4.06. The summed E-state index contributed by atoms with van der Waals surface area (Å²) < 4.78 is 0. The molecule has 0 saturated carbocycles. The van der Waals surface area contributed by atoms with Crippen LogP contribution >= 0.6 is 22.7 Å². The van der Waals surface area contributed by atoms with E-state index in [1.54, 1.807) is 11.3 Å². The van der Waals surface area contributed by atoms with Gasteiger partial charge in [-0.25, -0.2) is 4.98 Å². The van der Waals surface area contributed by atoms with Crippen molar-refractivity contribution in [3.63, 3.8) is 0 Å². The van der Waals surface area contributed by atoms with Gasteiger partial charge in [0, 0.05) is 29.6 Å². The Morgan fingerprint density at radius 2 is 2.28 bits per heavy atom. The highest BCUT2D eigenvalue weighted by Crippen LogP contribution is 2.11. The number of hydrogen-bond donors (Lipinski definition) is 2. The number of carbonyl (C=O) groups is 1. The molecule has 0 atom stereocenters. The second-order valence-corrected chi connectivity index (χ2v) is 5.78. The summed E-state index contributed by atoms with van der Waals surface area (Å²) in [6.07, 6.45) is 2.09. The Morgan fingerprint density at radius 1 is 1.39 bits per heavy atom. The number of thiazole rings is 1. The number of anilines is 1. The number of aromatic nitrogens is 1. The number of amides is 1. The number of nitrogens with one attached hydrogen (secondary N) is 1. The van der Waals surface area contributed by atoms with E-state index < -0.39 is 0 Å². The highest BCUT2D eigenvalue weighted by molar-refractivity contribution is 7.13. The monoisotopic (exact) mass is 281 g/mol. The molecule has 6 heteroatoms. The molecular formula is C12H15N3OS2. The molecule has 0 radical (unpaired) electrons. The lowest BCUT2D eigenvalue weighted by Crippen LogP contribution is -2.25. The van der Waals surface area contributed by atoms with E-state index in [4.69, 9.17) is 5.73 Å². The summed E-state index contributed by atoms with van der Waals surface area (Å²) in [4.78, 5) is 17.0. The highest BCUT2D eigenvalue weighted by atomic mass is 32.1. The lowest BCUT2D eigenvalue weighted by Gasteiger charge is -2.03. The number of aryl methyl sites for hydroxylation is 1. The molecule has 0 aliphatic heterocycles. The van der Waals surface area contributed by atoms with Crippen LogP contribution in [0, 0.1) is 0 Å². The van der Waals surface area contributed by atoms with Gasteiger partial charge in [0.2, 0.25) is 5.91 Å². The van der Waals surface area contributed by atoms with Gasteiger partial charge in [0.05, 0.1) is 5.69 Å². The van der Waals surface area contributed by atoms with E-state index in [9.17, 15) is 4.79 Å². The third-order valence-electron chi connectivity index (χ3n) is 2.45. The summed E-state index contributed by atoms with van der Waals surface area (Å²) in [6.45, 7) is 0.618. The molecule has 0 fully saturated rings. The molecule has 2 rings (SSSR count). The Balaban J connectivity index is 1.63. The molecule has 0 saturated heterocycles. The first kappa shape index (κ1) is 13.0. The predicted molar refractivity (Wildman–Crippen MR) is 75.9 cm³/mol. The molecule has 0 aliphatic rings. The molecule has 2 aromatic heterocycles. The van der Waals surface area contributed by atoms with Crippen molar-refractivity contribution >= 4 is 33.7 Å². The minimum absolute atomic E-state index is 0.0894. The van der Waals surface area contributed by atoms with Crippen LogP contribution < -0.4 is 11.1 Å². The number of carbonyl (C=O) groups excluding carboxylic acids is 1. The van der Waals surface area contributed by atoms with E-state index in [1.807, 2.05) is 16.8 Å². The first-order chi connectivity index (χ1) is 8.74. The fourth-order valence-corrected chi connectivity index (χ4v) is 2.85. The zero-order chi connectivity index (χ0) is 12.8. The van der Waals surface area contributed by atoms with Crippen LogP contribution in [0.15, 0.2) is 22.9 Å². The minimum atomic E-state index is 0.0894. The lowest BCUT2D eigenvalue weighted by atomic mass is 10.2. The second kappa shape index (κ2) is 6.51. The van der Waals surface area contributed by atoms with Crippen LogP contribution in [0.1, 0.15) is 17.0 Å². The summed E-state index contributed by atoms with van der Waals surface area (Å²) in [7, 11) is 0. The van der Waals surface area contributed by atoms with Crippen molar-refractivity contribution in [2.75, 3.05) is 12.3 Å². The van der Waals surface area contributed by atoms with Crippen LogP contribution in [-0.4, -0.2) is 17.4 Å². The smallest absolute Gasteiger partial charge is 0.220 e. The highest BCUT2D eigenvalue weighted by Gasteiger charge is 2.03. The van der Waals surface area contributed by atoms with Gasteiger partial charge in [-0.1, -0.05) is 6.07 Å². The molecule has 0 unspecified atom stereocenters. The third kappa shape index (κ3) is 4.12. The molecule has 4 nitrogen and oxygen atoms in total. The Bertz CT molecular complexity index is 493. The molecule has 96 valence electrons. The topological polar surface area (TPSA) is 68.0 Å². The zero-order valence-electron chi connectivity index (χ0n) is 9.89. The van der Waals surface area contributed by atoms with Crippen molar-refractivity contribution in [2.45, 2.75) is 19.3 Å². The van der Waals surface area contributed by atoms with Gasteiger partial charge >= 0.3 is 0 Å². The fraction of sp³-hybridized carbons (Fsp3) is 0.333. The number of nitrogens with zero attached hydrogens (tertiary/aromatic N) is 1. The third-order valence-corrected chi connectivity index (χ3v) is 4.11. The maximum atomic E-state index is 11.6. The standard InChI is InChI=1S/C12H15N3OS2/c13-12-15-9(8-18-12)5-6-14-11(16)4-3-10-2-1-7-17-10/h1-2,7-8H,3-6H2,(H2,13,15)(H,14,16). The van der Waals surface area contributed by atoms with Gasteiger partial charge in [0.1, 0.15) is 0 Å². The number of nitrogens with two attached hydrogens (primary N) is 1. The number of hydrogen-bond acceptors (Lipinski definition) is 5. The van der Waals surface area contributed by atoms with Crippen LogP contribution in [0.2, 0.25) is 0 Å². The summed E-state index contributed by atoms with van der Waals surface area (Å²) in [5, 5.41) is 7.42. The molecule has 1 amide bonds. The first-order valence-electron chi connectivity index (χ1n) is 5.73. The van der Waals surface area contributed by atoms with Crippen molar-refractivity contribution in [3.05, 3.63) is 33.5 Å². The van der Waals surface area contributed by atoms with Crippen LogP contribution in [0.25, 0.3) is 0 Å². The molecule has 3 N–H and O–H groups in total. The lowest BCUT2D eigenvalue weighted by molar-refractivity contribution is -0.121. The number of rotatable bonds is 6. The van der Waals surface area contributed by atoms with E-state index in [1.165, 1.54) is 16.2 Å². The summed E-state index contributed by atoms with van der Waals surface area (Å²) >= 11 is 3.11. The Hall–Kier alpha value is -1.40. The molecular weight excluding hydrogens is 266 g/mol. The number of thiophene rings is 1. The van der Waals surface area contributed by atoms with Crippen LogP contribution in [0.3, 0.4) is 0 Å². The minimum Gasteiger partial charge on any atom is -0.375 e. The van der Waals surface area contributed by atoms with E-state index in [0.29, 0.717) is 18.1 Å². The van der Waals surface area contributed by atoms with E-state index in [2.05, 4.69) is 16.4 Å². The Morgan fingerprint density at radius 3 is 2.94 bits per heavy atom. The van der Waals surface area contributed by atoms with E-state index in [0.717, 1.165) is 18.5 Å². The molecule has 0 spiro atoms. The number of nitrogen functional groups attached to an aromatic ring is 1. The molecule has 2 heterocycles. The molecule has 2 aromatic rings.